The number of nitrogens with one attached hydrogen (secondary N) is 1. The van der Waals surface area contributed by atoms with E-state index in [1.807, 2.05) is 25.1 Å². The molecular formula is C21H25NO4. The van der Waals surface area contributed by atoms with E-state index in [0.29, 0.717) is 17.1 Å². The molecule has 0 saturated heterocycles. The summed E-state index contributed by atoms with van der Waals surface area (Å²) in [4.78, 5) is 23.5. The van der Waals surface area contributed by atoms with Crippen molar-refractivity contribution < 1.29 is 19.1 Å². The van der Waals surface area contributed by atoms with Crippen molar-refractivity contribution in [2.75, 3.05) is 13.7 Å². The predicted molar refractivity (Wildman–Crippen MR) is 101 cm³/mol. The number of hydrogen-bond donors (Lipinski definition) is 1. The van der Waals surface area contributed by atoms with E-state index in [1.165, 1.54) is 19.6 Å². The third-order valence-electron chi connectivity index (χ3n) is 4.05. The zero-order chi connectivity index (χ0) is 18.9. The second-order valence-corrected chi connectivity index (χ2v) is 6.20. The molecule has 0 saturated carbocycles. The molecule has 138 valence electrons. The minimum absolute atomic E-state index is 0.0493. The summed E-state index contributed by atoms with van der Waals surface area (Å²) in [5, 5.41) is 2.93. The molecule has 2 aromatic rings. The van der Waals surface area contributed by atoms with Gasteiger partial charge in [-0.1, -0.05) is 30.3 Å². The lowest BCUT2D eigenvalue weighted by molar-refractivity contribution is -0.123. The van der Waals surface area contributed by atoms with Crippen molar-refractivity contribution in [3.8, 4) is 11.5 Å². The second-order valence-electron chi connectivity index (χ2n) is 6.20. The fraction of sp³-hybridized carbons (Fsp3) is 0.333. The van der Waals surface area contributed by atoms with E-state index in [9.17, 15) is 9.59 Å². The number of aryl methyl sites for hydroxylation is 1. The van der Waals surface area contributed by atoms with Crippen LogP contribution in [0.1, 0.15) is 36.2 Å². The Morgan fingerprint density at radius 2 is 1.81 bits per heavy atom. The second kappa shape index (κ2) is 9.61. The van der Waals surface area contributed by atoms with Crippen molar-refractivity contribution in [2.45, 2.75) is 32.7 Å². The minimum atomic E-state index is -0.191. The maximum atomic E-state index is 12.1. The maximum absolute atomic E-state index is 12.1. The van der Waals surface area contributed by atoms with Crippen LogP contribution < -0.4 is 14.8 Å². The average Bonchev–Trinajstić information content (AvgIpc) is 2.65. The van der Waals surface area contributed by atoms with Crippen LogP contribution in [0.4, 0.5) is 0 Å². The van der Waals surface area contributed by atoms with E-state index in [0.717, 1.165) is 12.8 Å². The summed E-state index contributed by atoms with van der Waals surface area (Å²) >= 11 is 0. The number of ether oxygens (including phenoxy) is 2. The van der Waals surface area contributed by atoms with Crippen LogP contribution in [-0.4, -0.2) is 31.4 Å². The van der Waals surface area contributed by atoms with E-state index >= 15 is 0 Å². The SMILES string of the molecule is COc1cc(C(C)=O)ccc1OCC(=O)N[C@@H](C)CCc1ccccc1. The molecule has 0 aliphatic heterocycles. The lowest BCUT2D eigenvalue weighted by atomic mass is 10.1. The van der Waals surface area contributed by atoms with Crippen molar-refractivity contribution in [1.29, 1.82) is 0 Å². The van der Waals surface area contributed by atoms with Crippen LogP contribution in [0.5, 0.6) is 11.5 Å². The van der Waals surface area contributed by atoms with Gasteiger partial charge in [0, 0.05) is 11.6 Å². The molecule has 0 fully saturated rings. The smallest absolute Gasteiger partial charge is 0.258 e. The Morgan fingerprint density at radius 1 is 1.08 bits per heavy atom. The summed E-state index contributed by atoms with van der Waals surface area (Å²) in [5.74, 6) is 0.621. The molecule has 0 heterocycles. The molecule has 2 rings (SSSR count). The number of benzene rings is 2. The molecule has 1 N–H and O–H groups in total. The van der Waals surface area contributed by atoms with Gasteiger partial charge >= 0.3 is 0 Å². The first-order valence-electron chi connectivity index (χ1n) is 8.64. The fourth-order valence-corrected chi connectivity index (χ4v) is 2.57. The molecule has 0 spiro atoms. The highest BCUT2D eigenvalue weighted by Crippen LogP contribution is 2.28. The van der Waals surface area contributed by atoms with Gasteiger partial charge in [-0.05, 0) is 50.5 Å². The Hall–Kier alpha value is -2.82. The first kappa shape index (κ1) is 19.5. The highest BCUT2D eigenvalue weighted by Gasteiger charge is 2.12. The predicted octanol–water partition coefficient (Wildman–Crippen LogP) is 3.41. The molecule has 0 unspecified atom stereocenters. The Balaban J connectivity index is 1.81. The van der Waals surface area contributed by atoms with Crippen LogP contribution in [0, 0.1) is 0 Å². The van der Waals surface area contributed by atoms with Gasteiger partial charge in [0.15, 0.2) is 23.9 Å². The van der Waals surface area contributed by atoms with Gasteiger partial charge in [-0.15, -0.1) is 0 Å². The van der Waals surface area contributed by atoms with Crippen molar-refractivity contribution >= 4 is 11.7 Å². The van der Waals surface area contributed by atoms with E-state index in [4.69, 9.17) is 9.47 Å². The molecule has 2 aromatic carbocycles. The van der Waals surface area contributed by atoms with Gasteiger partial charge in [0.25, 0.3) is 5.91 Å². The van der Waals surface area contributed by atoms with Crippen molar-refractivity contribution in [3.63, 3.8) is 0 Å². The van der Waals surface area contributed by atoms with Crippen LogP contribution in [0.3, 0.4) is 0 Å². The molecular weight excluding hydrogens is 330 g/mol. The van der Waals surface area contributed by atoms with E-state index in [1.54, 1.807) is 18.2 Å². The first-order chi connectivity index (χ1) is 12.5. The summed E-state index contributed by atoms with van der Waals surface area (Å²) in [6.07, 6.45) is 1.76. The molecule has 1 atom stereocenters. The number of amides is 1. The molecule has 0 aromatic heterocycles. The van der Waals surface area contributed by atoms with E-state index in [-0.39, 0.29) is 24.3 Å². The van der Waals surface area contributed by atoms with Crippen LogP contribution >= 0.6 is 0 Å². The molecule has 0 bridgehead atoms. The van der Waals surface area contributed by atoms with Gasteiger partial charge < -0.3 is 14.8 Å². The van der Waals surface area contributed by atoms with Crippen LogP contribution in [0.2, 0.25) is 0 Å². The summed E-state index contributed by atoms with van der Waals surface area (Å²) < 4.78 is 10.8. The van der Waals surface area contributed by atoms with Crippen LogP contribution in [0.15, 0.2) is 48.5 Å². The van der Waals surface area contributed by atoms with Gasteiger partial charge in [-0.3, -0.25) is 9.59 Å². The normalized spacial score (nSPS) is 11.5. The monoisotopic (exact) mass is 355 g/mol. The lowest BCUT2D eigenvalue weighted by Gasteiger charge is -2.15. The van der Waals surface area contributed by atoms with Crippen molar-refractivity contribution in [3.05, 3.63) is 59.7 Å². The topological polar surface area (TPSA) is 64.6 Å². The number of Topliss-reactive ketones (excluding diaryl/α,β-unsaturated/α-hetero) is 1. The largest absolute Gasteiger partial charge is 0.493 e. The summed E-state index contributed by atoms with van der Waals surface area (Å²) in [7, 11) is 1.50. The molecule has 26 heavy (non-hydrogen) atoms. The van der Waals surface area contributed by atoms with E-state index < -0.39 is 0 Å². The first-order valence-corrected chi connectivity index (χ1v) is 8.64. The molecule has 0 aliphatic rings. The molecule has 0 aliphatic carbocycles. The van der Waals surface area contributed by atoms with Crippen LogP contribution in [-0.2, 0) is 11.2 Å². The zero-order valence-electron chi connectivity index (χ0n) is 15.5. The molecule has 5 nitrogen and oxygen atoms in total. The Bertz CT molecular complexity index is 743. The highest BCUT2D eigenvalue weighted by molar-refractivity contribution is 5.94. The summed E-state index contributed by atoms with van der Waals surface area (Å²) in [5.41, 5.74) is 1.79. The highest BCUT2D eigenvalue weighted by atomic mass is 16.5. The van der Waals surface area contributed by atoms with Crippen molar-refractivity contribution in [2.24, 2.45) is 0 Å². The van der Waals surface area contributed by atoms with Crippen LogP contribution in [0.25, 0.3) is 0 Å². The Labute approximate surface area is 154 Å². The van der Waals surface area contributed by atoms with Gasteiger partial charge in [-0.25, -0.2) is 0 Å². The van der Waals surface area contributed by atoms with Gasteiger partial charge in [-0.2, -0.15) is 0 Å². The summed E-state index contributed by atoms with van der Waals surface area (Å²) in [6, 6.07) is 15.1. The lowest BCUT2D eigenvalue weighted by Crippen LogP contribution is -2.36. The standard InChI is InChI=1S/C21H25NO4/c1-15(9-10-17-7-5-4-6-8-17)22-21(24)14-26-19-12-11-18(16(2)23)13-20(19)25-3/h4-8,11-13,15H,9-10,14H2,1-3H3,(H,22,24)/t15-/m0/s1. The van der Waals surface area contributed by atoms with Gasteiger partial charge in [0.2, 0.25) is 0 Å². The minimum Gasteiger partial charge on any atom is -0.493 e. The third-order valence-corrected chi connectivity index (χ3v) is 4.05. The number of carbonyl (C=O) groups excluding carboxylic acids is 2. The Kier molecular flexibility index (Phi) is 7.21. The van der Waals surface area contributed by atoms with Crippen molar-refractivity contribution in [1.82, 2.24) is 5.32 Å². The third kappa shape index (κ3) is 5.92. The molecule has 5 heteroatoms. The number of rotatable bonds is 9. The number of ketones is 1. The number of methoxy groups -OCH3 is 1. The number of carbonyl (C=O) groups is 2. The average molecular weight is 355 g/mol. The fourth-order valence-electron chi connectivity index (χ4n) is 2.57. The van der Waals surface area contributed by atoms with Gasteiger partial charge in [0.05, 0.1) is 7.11 Å². The quantitative estimate of drug-likeness (QED) is 0.700. The number of hydrogen-bond acceptors (Lipinski definition) is 4. The van der Waals surface area contributed by atoms with Gasteiger partial charge in [0.1, 0.15) is 0 Å². The summed E-state index contributed by atoms with van der Waals surface area (Å²) in [6.45, 7) is 3.36. The molecule has 0 radical (unpaired) electrons. The molecule has 1 amide bonds. The zero-order valence-corrected chi connectivity index (χ0v) is 15.5. The van der Waals surface area contributed by atoms with E-state index in [2.05, 4.69) is 17.4 Å². The Morgan fingerprint density at radius 3 is 2.46 bits per heavy atom. The maximum Gasteiger partial charge on any atom is 0.258 e.